The molecular weight excluding hydrogens is 500 g/mol. The molecule has 4 aromatic rings. The van der Waals surface area contributed by atoms with E-state index < -0.39 is 0 Å². The second kappa shape index (κ2) is 8.74. The molecule has 2 aromatic carbocycles. The van der Waals surface area contributed by atoms with Crippen LogP contribution < -0.4 is 10.9 Å². The molecule has 30 heavy (non-hydrogen) atoms. The molecule has 0 spiro atoms. The highest BCUT2D eigenvalue weighted by molar-refractivity contribution is 14.1. The van der Waals surface area contributed by atoms with Crippen molar-refractivity contribution in [2.75, 3.05) is 6.54 Å². The van der Waals surface area contributed by atoms with E-state index in [-0.39, 0.29) is 23.8 Å². The largest absolute Gasteiger partial charge is 0.350 e. The molecule has 0 radical (unpaired) electrons. The fraction of sp³-hybridized carbons (Fsp3) is 0.143. The summed E-state index contributed by atoms with van der Waals surface area (Å²) in [6, 6.07) is 13.6. The van der Waals surface area contributed by atoms with E-state index >= 15 is 0 Å². The van der Waals surface area contributed by atoms with E-state index in [1.165, 1.54) is 23.2 Å². The number of aromatic nitrogens is 4. The summed E-state index contributed by atoms with van der Waals surface area (Å²) in [5, 5.41) is 7.42. The van der Waals surface area contributed by atoms with Gasteiger partial charge in [0, 0.05) is 15.7 Å². The Morgan fingerprint density at radius 3 is 2.70 bits per heavy atom. The van der Waals surface area contributed by atoms with Crippen molar-refractivity contribution in [3.8, 4) is 0 Å². The van der Waals surface area contributed by atoms with Crippen LogP contribution in [0.5, 0.6) is 0 Å². The molecule has 0 bridgehead atoms. The lowest BCUT2D eigenvalue weighted by Crippen LogP contribution is -2.28. The number of carbonyl (C=O) groups is 1. The van der Waals surface area contributed by atoms with Crippen molar-refractivity contribution in [3.05, 3.63) is 91.9 Å². The first-order valence-corrected chi connectivity index (χ1v) is 10.3. The smallest absolute Gasteiger partial charge is 0.264 e. The van der Waals surface area contributed by atoms with E-state index in [4.69, 9.17) is 0 Å². The van der Waals surface area contributed by atoms with Gasteiger partial charge in [-0.2, -0.15) is 5.10 Å². The van der Waals surface area contributed by atoms with Crippen LogP contribution in [-0.4, -0.2) is 31.8 Å². The van der Waals surface area contributed by atoms with Crippen molar-refractivity contribution in [2.24, 2.45) is 0 Å². The number of amides is 1. The second-order valence-electron chi connectivity index (χ2n) is 6.61. The van der Waals surface area contributed by atoms with E-state index in [1.54, 1.807) is 28.9 Å². The monoisotopic (exact) mass is 517 g/mol. The summed E-state index contributed by atoms with van der Waals surface area (Å²) in [5.74, 6) is -0.541. The molecule has 0 fully saturated rings. The van der Waals surface area contributed by atoms with Gasteiger partial charge in [-0.3, -0.25) is 14.2 Å². The summed E-state index contributed by atoms with van der Waals surface area (Å²) in [5.41, 5.74) is 1.15. The Labute approximate surface area is 184 Å². The Kier molecular flexibility index (Phi) is 5.88. The van der Waals surface area contributed by atoms with Gasteiger partial charge in [0.1, 0.15) is 17.5 Å². The Hall–Kier alpha value is -3.08. The lowest BCUT2D eigenvalue weighted by molar-refractivity contribution is 0.0951. The maximum atomic E-state index is 13.9. The lowest BCUT2D eigenvalue weighted by Gasteiger charge is -2.08. The van der Waals surface area contributed by atoms with Gasteiger partial charge >= 0.3 is 0 Å². The summed E-state index contributed by atoms with van der Waals surface area (Å²) in [7, 11) is 0. The molecule has 1 amide bonds. The van der Waals surface area contributed by atoms with Gasteiger partial charge in [-0.25, -0.2) is 14.1 Å². The van der Waals surface area contributed by atoms with E-state index in [9.17, 15) is 14.0 Å². The van der Waals surface area contributed by atoms with E-state index in [0.717, 1.165) is 3.57 Å². The first kappa shape index (κ1) is 20.2. The van der Waals surface area contributed by atoms with Gasteiger partial charge in [0.15, 0.2) is 5.65 Å². The normalized spacial score (nSPS) is 11.0. The SMILES string of the molecule is O=C(NCCn1ncc2c(=O)n(Cc3ccccc3F)cnc21)c1ccccc1I. The van der Waals surface area contributed by atoms with Gasteiger partial charge in [0.25, 0.3) is 11.5 Å². The van der Waals surface area contributed by atoms with Crippen molar-refractivity contribution >= 4 is 39.5 Å². The Morgan fingerprint density at radius 1 is 1.13 bits per heavy atom. The number of benzene rings is 2. The van der Waals surface area contributed by atoms with Crippen LogP contribution in [0.25, 0.3) is 11.0 Å². The first-order chi connectivity index (χ1) is 14.5. The predicted molar refractivity (Wildman–Crippen MR) is 119 cm³/mol. The summed E-state index contributed by atoms with van der Waals surface area (Å²) in [6.45, 7) is 0.786. The molecule has 9 heteroatoms. The zero-order chi connectivity index (χ0) is 21.1. The molecule has 0 aliphatic carbocycles. The third kappa shape index (κ3) is 4.11. The van der Waals surface area contributed by atoms with Crippen LogP contribution in [0.2, 0.25) is 0 Å². The van der Waals surface area contributed by atoms with E-state index in [1.807, 2.05) is 18.2 Å². The molecule has 2 heterocycles. The van der Waals surface area contributed by atoms with Crippen molar-refractivity contribution < 1.29 is 9.18 Å². The number of carbonyl (C=O) groups excluding carboxylic acids is 1. The maximum absolute atomic E-state index is 13.9. The third-order valence-corrected chi connectivity index (χ3v) is 5.59. The Morgan fingerprint density at radius 2 is 1.90 bits per heavy atom. The maximum Gasteiger partial charge on any atom is 0.264 e. The molecule has 0 unspecified atom stereocenters. The number of nitrogens with one attached hydrogen (secondary N) is 1. The van der Waals surface area contributed by atoms with Crippen LogP contribution >= 0.6 is 22.6 Å². The Balaban J connectivity index is 1.48. The number of fused-ring (bicyclic) bond motifs is 1. The predicted octanol–water partition coefficient (Wildman–Crippen LogP) is 2.82. The van der Waals surface area contributed by atoms with Gasteiger partial charge in [0.2, 0.25) is 0 Å². The Bertz CT molecular complexity index is 1280. The minimum absolute atomic E-state index is 0.0887. The van der Waals surface area contributed by atoms with Crippen LogP contribution in [-0.2, 0) is 13.1 Å². The number of halogens is 2. The van der Waals surface area contributed by atoms with Crippen LogP contribution in [0, 0.1) is 9.39 Å². The molecule has 4 rings (SSSR count). The molecule has 7 nitrogen and oxygen atoms in total. The third-order valence-electron chi connectivity index (χ3n) is 4.65. The number of hydrogen-bond acceptors (Lipinski definition) is 4. The molecule has 152 valence electrons. The second-order valence-corrected chi connectivity index (χ2v) is 7.77. The standard InChI is InChI=1S/C21H17FIN5O2/c22-17-7-3-1-5-14(17)12-27-13-25-19-16(21(27)30)11-26-28(19)10-9-24-20(29)15-6-2-4-8-18(15)23/h1-8,11,13H,9-10,12H2,(H,24,29). The van der Waals surface area contributed by atoms with Crippen LogP contribution in [0.15, 0.2) is 65.8 Å². The summed E-state index contributed by atoms with van der Waals surface area (Å²) in [4.78, 5) is 29.4. The van der Waals surface area contributed by atoms with Gasteiger partial charge < -0.3 is 5.32 Å². The average Bonchev–Trinajstić information content (AvgIpc) is 3.15. The van der Waals surface area contributed by atoms with Gasteiger partial charge in [-0.05, 0) is 40.8 Å². The van der Waals surface area contributed by atoms with Gasteiger partial charge in [-0.1, -0.05) is 30.3 Å². The van der Waals surface area contributed by atoms with E-state index in [0.29, 0.717) is 35.2 Å². The van der Waals surface area contributed by atoms with Gasteiger partial charge in [0.05, 0.1) is 24.8 Å². The minimum atomic E-state index is -0.371. The summed E-state index contributed by atoms with van der Waals surface area (Å²) < 4.78 is 17.7. The fourth-order valence-corrected chi connectivity index (χ4v) is 3.73. The van der Waals surface area contributed by atoms with Gasteiger partial charge in [-0.15, -0.1) is 0 Å². The van der Waals surface area contributed by atoms with Crippen molar-refractivity contribution in [1.82, 2.24) is 24.6 Å². The summed E-state index contributed by atoms with van der Waals surface area (Å²) in [6.07, 6.45) is 2.84. The highest BCUT2D eigenvalue weighted by atomic mass is 127. The summed E-state index contributed by atoms with van der Waals surface area (Å²) >= 11 is 2.12. The molecule has 1 N–H and O–H groups in total. The number of rotatable bonds is 6. The molecule has 0 saturated carbocycles. The minimum Gasteiger partial charge on any atom is -0.350 e. The zero-order valence-electron chi connectivity index (χ0n) is 15.8. The van der Waals surface area contributed by atoms with Crippen molar-refractivity contribution in [1.29, 1.82) is 0 Å². The molecule has 0 aliphatic heterocycles. The van der Waals surface area contributed by atoms with Crippen LogP contribution in [0.4, 0.5) is 4.39 Å². The zero-order valence-corrected chi connectivity index (χ0v) is 17.9. The molecular formula is C21H17FIN5O2. The highest BCUT2D eigenvalue weighted by Gasteiger charge is 2.13. The average molecular weight is 517 g/mol. The van der Waals surface area contributed by atoms with Crippen molar-refractivity contribution in [2.45, 2.75) is 13.1 Å². The van der Waals surface area contributed by atoms with Crippen LogP contribution in [0.3, 0.4) is 0 Å². The quantitative estimate of drug-likeness (QED) is 0.399. The van der Waals surface area contributed by atoms with Crippen LogP contribution in [0.1, 0.15) is 15.9 Å². The van der Waals surface area contributed by atoms with Crippen molar-refractivity contribution in [3.63, 3.8) is 0 Å². The number of nitrogens with zero attached hydrogens (tertiary/aromatic N) is 4. The fourth-order valence-electron chi connectivity index (χ4n) is 3.10. The lowest BCUT2D eigenvalue weighted by atomic mass is 10.2. The van der Waals surface area contributed by atoms with E-state index in [2.05, 4.69) is 38.0 Å². The number of hydrogen-bond donors (Lipinski definition) is 1. The topological polar surface area (TPSA) is 81.8 Å². The molecule has 0 aliphatic rings. The first-order valence-electron chi connectivity index (χ1n) is 9.21. The highest BCUT2D eigenvalue weighted by Crippen LogP contribution is 2.12. The molecule has 2 aromatic heterocycles. The molecule has 0 saturated heterocycles. The molecule has 0 atom stereocenters.